The molecule has 12 heteroatoms. The van der Waals surface area contributed by atoms with Crippen LogP contribution in [0, 0.1) is 6.92 Å². The summed E-state index contributed by atoms with van der Waals surface area (Å²) in [6.07, 6.45) is 0.0517. The summed E-state index contributed by atoms with van der Waals surface area (Å²) in [7, 11) is -3.43. The van der Waals surface area contributed by atoms with E-state index in [0.29, 0.717) is 11.3 Å². The Hall–Kier alpha value is -3.58. The molecule has 2 heterocycles. The summed E-state index contributed by atoms with van der Waals surface area (Å²) in [6.45, 7) is 6.40. The number of piperazine rings is 1. The third kappa shape index (κ3) is 6.41. The van der Waals surface area contributed by atoms with Crippen molar-refractivity contribution in [2.24, 2.45) is 5.73 Å². The molecule has 214 valence electrons. The molecule has 0 spiro atoms. The minimum atomic E-state index is -3.43. The van der Waals surface area contributed by atoms with Crippen molar-refractivity contribution in [1.82, 2.24) is 19.7 Å². The van der Waals surface area contributed by atoms with Gasteiger partial charge in [-0.1, -0.05) is 18.2 Å². The lowest BCUT2D eigenvalue weighted by molar-refractivity contribution is -0.135. The van der Waals surface area contributed by atoms with Crippen molar-refractivity contribution in [3.8, 4) is 5.75 Å². The lowest BCUT2D eigenvalue weighted by Crippen LogP contribution is -2.57. The number of benzene rings is 2. The highest BCUT2D eigenvalue weighted by atomic mass is 32.2. The van der Waals surface area contributed by atoms with Crippen LogP contribution in [0.1, 0.15) is 41.0 Å². The third-order valence-corrected chi connectivity index (χ3v) is 9.44. The van der Waals surface area contributed by atoms with Crippen LogP contribution in [-0.2, 0) is 27.8 Å². The number of rotatable bonds is 10. The molecule has 1 atom stereocenters. The highest BCUT2D eigenvalue weighted by Gasteiger charge is 2.34. The van der Waals surface area contributed by atoms with Gasteiger partial charge in [-0.3, -0.25) is 24.7 Å². The molecule has 0 radical (unpaired) electrons. The number of amides is 2. The summed E-state index contributed by atoms with van der Waals surface area (Å²) >= 11 is 0. The molecule has 1 fully saturated rings. The van der Waals surface area contributed by atoms with Crippen molar-refractivity contribution in [3.05, 3.63) is 70.9 Å². The average molecular weight is 570 g/mol. The Labute approximate surface area is 233 Å². The van der Waals surface area contributed by atoms with Gasteiger partial charge in [-0.25, -0.2) is 13.9 Å². The Morgan fingerprint density at radius 1 is 1.07 bits per heavy atom. The Bertz CT molecular complexity index is 1500. The molecular weight excluding hydrogens is 534 g/mol. The van der Waals surface area contributed by atoms with Gasteiger partial charge in [0.15, 0.2) is 0 Å². The van der Waals surface area contributed by atoms with E-state index in [2.05, 4.69) is 4.98 Å². The van der Waals surface area contributed by atoms with Crippen molar-refractivity contribution >= 4 is 32.7 Å². The maximum atomic E-state index is 12.7. The first kappa shape index (κ1) is 29.4. The number of aromatic nitrogens is 1. The Morgan fingerprint density at radius 3 is 2.42 bits per heavy atom. The zero-order chi connectivity index (χ0) is 29.0. The maximum Gasteiger partial charge on any atom is 0.261 e. The zero-order valence-electron chi connectivity index (χ0n) is 22.8. The van der Waals surface area contributed by atoms with E-state index < -0.39 is 33.1 Å². The van der Waals surface area contributed by atoms with Crippen LogP contribution in [0.2, 0.25) is 0 Å². The van der Waals surface area contributed by atoms with Crippen LogP contribution in [-0.4, -0.2) is 77.1 Å². The molecule has 0 aliphatic carbocycles. The molecule has 0 unspecified atom stereocenters. The molecule has 0 saturated carbocycles. The number of hydrogen-bond acceptors (Lipinski definition) is 8. The van der Waals surface area contributed by atoms with Gasteiger partial charge in [0.25, 0.3) is 5.91 Å². The van der Waals surface area contributed by atoms with Crippen LogP contribution in [0.4, 0.5) is 0 Å². The molecule has 3 aromatic rings. The normalized spacial score (nSPS) is 15.7. The summed E-state index contributed by atoms with van der Waals surface area (Å²) < 4.78 is 32.7. The Morgan fingerprint density at radius 2 is 1.77 bits per heavy atom. The number of pyridine rings is 1. The number of para-hydroxylation sites is 1. The minimum absolute atomic E-state index is 0.0517. The number of hydrogen-bond donors (Lipinski definition) is 3. The first-order valence-electron chi connectivity index (χ1n) is 13.1. The zero-order valence-corrected chi connectivity index (χ0v) is 23.6. The SMILES string of the molecule is Cc1cc(COc2ccc(C(N)=O)c(C[C@@H](C(=O)NO)N3CCN(S(=O)(=O)C(C)C)CC3)c2)c2ccccc2n1. The van der Waals surface area contributed by atoms with Gasteiger partial charge in [0.2, 0.25) is 15.9 Å². The molecule has 1 saturated heterocycles. The summed E-state index contributed by atoms with van der Waals surface area (Å²) in [5.41, 5.74) is 10.7. The highest BCUT2D eigenvalue weighted by molar-refractivity contribution is 7.89. The highest BCUT2D eigenvalue weighted by Crippen LogP contribution is 2.25. The fraction of sp³-hybridized carbons (Fsp3) is 0.393. The van der Waals surface area contributed by atoms with E-state index in [1.54, 1.807) is 42.4 Å². The number of ether oxygens (including phenoxy) is 1. The number of nitrogens with two attached hydrogens (primary N) is 1. The second-order valence-corrected chi connectivity index (χ2v) is 12.6. The number of sulfonamides is 1. The predicted molar refractivity (Wildman–Crippen MR) is 150 cm³/mol. The number of nitrogens with zero attached hydrogens (tertiary/aromatic N) is 3. The fourth-order valence-electron chi connectivity index (χ4n) is 4.98. The van der Waals surface area contributed by atoms with Crippen molar-refractivity contribution in [2.45, 2.75) is 45.1 Å². The van der Waals surface area contributed by atoms with Crippen molar-refractivity contribution < 1.29 is 28.0 Å². The van der Waals surface area contributed by atoms with Gasteiger partial charge in [0.1, 0.15) is 12.4 Å². The van der Waals surface area contributed by atoms with Crippen LogP contribution in [0.3, 0.4) is 0 Å². The monoisotopic (exact) mass is 569 g/mol. The molecule has 2 aromatic carbocycles. The third-order valence-electron chi connectivity index (χ3n) is 7.16. The number of hydroxylamine groups is 1. The van der Waals surface area contributed by atoms with Gasteiger partial charge < -0.3 is 10.5 Å². The molecule has 1 aliphatic rings. The van der Waals surface area contributed by atoms with Gasteiger partial charge in [-0.15, -0.1) is 0 Å². The lowest BCUT2D eigenvalue weighted by Gasteiger charge is -2.38. The van der Waals surface area contributed by atoms with Crippen LogP contribution in [0.15, 0.2) is 48.5 Å². The number of aryl methyl sites for hydroxylation is 1. The average Bonchev–Trinajstić information content (AvgIpc) is 2.94. The number of primary amides is 1. The van der Waals surface area contributed by atoms with E-state index in [1.165, 1.54) is 4.31 Å². The maximum absolute atomic E-state index is 12.7. The molecule has 11 nitrogen and oxygen atoms in total. The van der Waals surface area contributed by atoms with E-state index in [9.17, 15) is 23.2 Å². The van der Waals surface area contributed by atoms with Gasteiger partial charge >= 0.3 is 0 Å². The molecule has 4 rings (SSSR count). The van der Waals surface area contributed by atoms with Gasteiger partial charge in [0.05, 0.1) is 16.8 Å². The minimum Gasteiger partial charge on any atom is -0.489 e. The van der Waals surface area contributed by atoms with Crippen LogP contribution < -0.4 is 16.0 Å². The van der Waals surface area contributed by atoms with Crippen molar-refractivity contribution in [2.75, 3.05) is 26.2 Å². The summed E-state index contributed by atoms with van der Waals surface area (Å²) in [5, 5.41) is 9.89. The molecule has 1 aromatic heterocycles. The van der Waals surface area contributed by atoms with Gasteiger partial charge in [0, 0.05) is 48.4 Å². The number of nitrogens with one attached hydrogen (secondary N) is 1. The van der Waals surface area contributed by atoms with Gasteiger partial charge in [-0.05, 0) is 63.1 Å². The van der Waals surface area contributed by atoms with Crippen LogP contribution in [0.25, 0.3) is 10.9 Å². The van der Waals surface area contributed by atoms with E-state index >= 15 is 0 Å². The predicted octanol–water partition coefficient (Wildman–Crippen LogP) is 1.99. The number of fused-ring (bicyclic) bond motifs is 1. The topological polar surface area (TPSA) is 155 Å². The summed E-state index contributed by atoms with van der Waals surface area (Å²) in [6, 6.07) is 13.8. The van der Waals surface area contributed by atoms with E-state index in [1.807, 2.05) is 37.3 Å². The molecule has 40 heavy (non-hydrogen) atoms. The summed E-state index contributed by atoms with van der Waals surface area (Å²) in [5.74, 6) is -0.844. The second kappa shape index (κ2) is 12.3. The molecule has 2 amide bonds. The quantitative estimate of drug-likeness (QED) is 0.247. The lowest BCUT2D eigenvalue weighted by atomic mass is 9.97. The Balaban J connectivity index is 1.56. The molecule has 1 aliphatic heterocycles. The van der Waals surface area contributed by atoms with Crippen molar-refractivity contribution in [3.63, 3.8) is 0 Å². The van der Waals surface area contributed by atoms with Crippen molar-refractivity contribution in [1.29, 1.82) is 0 Å². The van der Waals surface area contributed by atoms with Crippen LogP contribution in [0.5, 0.6) is 5.75 Å². The number of carbonyl (C=O) groups excluding carboxylic acids is 2. The van der Waals surface area contributed by atoms with E-state index in [0.717, 1.165) is 22.2 Å². The first-order chi connectivity index (χ1) is 19.0. The second-order valence-electron chi connectivity index (χ2n) is 10.1. The largest absolute Gasteiger partial charge is 0.489 e. The molecule has 4 N–H and O–H groups in total. The van der Waals surface area contributed by atoms with E-state index in [4.69, 9.17) is 10.5 Å². The Kier molecular flexibility index (Phi) is 9.04. The first-order valence-corrected chi connectivity index (χ1v) is 14.6. The van der Waals surface area contributed by atoms with E-state index in [-0.39, 0.29) is 44.8 Å². The van der Waals surface area contributed by atoms with Crippen LogP contribution >= 0.6 is 0 Å². The molecular formula is C28H35N5O6S. The fourth-order valence-corrected chi connectivity index (χ4v) is 6.25. The molecule has 0 bridgehead atoms. The van der Waals surface area contributed by atoms with Gasteiger partial charge in [-0.2, -0.15) is 4.31 Å². The number of carbonyl (C=O) groups is 2. The smallest absolute Gasteiger partial charge is 0.261 e. The standard InChI is InChI=1S/C28H35N5O6S/c1-18(2)40(37,38)33-12-10-32(11-13-33)26(28(35)31-36)16-20-15-22(8-9-24(20)27(29)34)39-17-21-14-19(3)30-25-7-5-4-6-23(21)25/h4-9,14-15,18,26,36H,10-13,16-17H2,1-3H3,(H2,29,34)(H,31,35)/t26-/m0/s1. The summed E-state index contributed by atoms with van der Waals surface area (Å²) in [4.78, 5) is 31.3.